The summed E-state index contributed by atoms with van der Waals surface area (Å²) in [5.41, 5.74) is 0.586. The topological polar surface area (TPSA) is 87.7 Å². The Hall–Kier alpha value is -2.39. The van der Waals surface area contributed by atoms with Gasteiger partial charge in [0.2, 0.25) is 0 Å². The summed E-state index contributed by atoms with van der Waals surface area (Å²) >= 11 is 0. The number of ether oxygens (including phenoxy) is 1. The van der Waals surface area contributed by atoms with Crippen LogP contribution in [0.1, 0.15) is 17.9 Å². The third-order valence-corrected chi connectivity index (χ3v) is 4.62. The van der Waals surface area contributed by atoms with Crippen molar-refractivity contribution in [3.63, 3.8) is 0 Å². The number of nitrogens with zero attached hydrogens (tertiary/aromatic N) is 2. The average Bonchev–Trinajstić information content (AvgIpc) is 3.19. The summed E-state index contributed by atoms with van der Waals surface area (Å²) < 4.78 is 33.7. The van der Waals surface area contributed by atoms with Gasteiger partial charge in [-0.05, 0) is 35.9 Å². The van der Waals surface area contributed by atoms with Gasteiger partial charge in [-0.25, -0.2) is 13.8 Å². The number of pyridine rings is 1. The van der Waals surface area contributed by atoms with Crippen LogP contribution in [0.2, 0.25) is 0 Å². The number of hydrogen-bond donors (Lipinski definition) is 3. The molecule has 0 bridgehead atoms. The predicted molar refractivity (Wildman–Crippen MR) is 87.0 cm³/mol. The summed E-state index contributed by atoms with van der Waals surface area (Å²) in [6.07, 6.45) is -3.17. The summed E-state index contributed by atoms with van der Waals surface area (Å²) in [5, 5.41) is 32.0. The molecule has 1 saturated heterocycles. The third kappa shape index (κ3) is 2.67. The Morgan fingerprint density at radius 1 is 1.08 bits per heavy atom. The fourth-order valence-corrected chi connectivity index (χ4v) is 3.25. The van der Waals surface area contributed by atoms with Gasteiger partial charge in [-0.3, -0.25) is 0 Å². The molecule has 0 saturated carbocycles. The number of aliphatic hydroxyl groups is 3. The lowest BCUT2D eigenvalue weighted by Crippen LogP contribution is -2.34. The molecule has 6 nitrogen and oxygen atoms in total. The van der Waals surface area contributed by atoms with Gasteiger partial charge in [0.05, 0.1) is 0 Å². The van der Waals surface area contributed by atoms with Gasteiger partial charge in [-0.2, -0.15) is 0 Å². The SMILES string of the molecule is OC(c1ccc(F)c(F)c1)C1OC(n2ccc3cccnc32)C(O)C1O. The van der Waals surface area contributed by atoms with E-state index in [2.05, 4.69) is 4.98 Å². The number of rotatable bonds is 3. The molecule has 5 unspecified atom stereocenters. The first-order chi connectivity index (χ1) is 12.5. The predicted octanol–water partition coefficient (Wildman–Crippen LogP) is 1.67. The summed E-state index contributed by atoms with van der Waals surface area (Å²) in [6, 6.07) is 8.30. The zero-order valence-corrected chi connectivity index (χ0v) is 13.4. The van der Waals surface area contributed by atoms with Crippen LogP contribution in [0.3, 0.4) is 0 Å². The minimum absolute atomic E-state index is 0.0382. The van der Waals surface area contributed by atoms with Crippen molar-refractivity contribution in [2.24, 2.45) is 0 Å². The maximum absolute atomic E-state index is 13.4. The Morgan fingerprint density at radius 2 is 1.88 bits per heavy atom. The van der Waals surface area contributed by atoms with Crippen LogP contribution in [0.5, 0.6) is 0 Å². The number of hydrogen-bond acceptors (Lipinski definition) is 5. The van der Waals surface area contributed by atoms with Gasteiger partial charge in [0.25, 0.3) is 0 Å². The zero-order valence-electron chi connectivity index (χ0n) is 13.4. The van der Waals surface area contributed by atoms with Crippen molar-refractivity contribution < 1.29 is 28.8 Å². The van der Waals surface area contributed by atoms with Gasteiger partial charge in [-0.1, -0.05) is 6.07 Å². The van der Waals surface area contributed by atoms with Crippen LogP contribution in [-0.2, 0) is 4.74 Å². The Kier molecular flexibility index (Phi) is 4.20. The number of fused-ring (bicyclic) bond motifs is 1. The molecular formula is C18H16F2N2O4. The second kappa shape index (κ2) is 6.40. The van der Waals surface area contributed by atoms with Gasteiger partial charge < -0.3 is 24.6 Å². The highest BCUT2D eigenvalue weighted by atomic mass is 19.2. The fraction of sp³-hybridized carbons (Fsp3) is 0.278. The number of aromatic nitrogens is 2. The van der Waals surface area contributed by atoms with Crippen molar-refractivity contribution in [1.29, 1.82) is 0 Å². The second-order valence-corrected chi connectivity index (χ2v) is 6.23. The summed E-state index contributed by atoms with van der Waals surface area (Å²) in [7, 11) is 0. The molecule has 136 valence electrons. The molecule has 8 heteroatoms. The molecule has 5 atom stereocenters. The van der Waals surface area contributed by atoms with Crippen molar-refractivity contribution in [3.8, 4) is 0 Å². The van der Waals surface area contributed by atoms with Crippen LogP contribution in [-0.4, -0.2) is 43.2 Å². The van der Waals surface area contributed by atoms with Crippen molar-refractivity contribution in [2.45, 2.75) is 30.6 Å². The van der Waals surface area contributed by atoms with E-state index in [1.165, 1.54) is 6.07 Å². The Bertz CT molecular complexity index is 948. The molecule has 1 aromatic carbocycles. The lowest BCUT2D eigenvalue weighted by Gasteiger charge is -2.21. The van der Waals surface area contributed by atoms with E-state index in [9.17, 15) is 24.1 Å². The highest BCUT2D eigenvalue weighted by Crippen LogP contribution is 2.37. The van der Waals surface area contributed by atoms with E-state index in [4.69, 9.17) is 4.74 Å². The molecule has 26 heavy (non-hydrogen) atoms. The maximum atomic E-state index is 13.4. The minimum atomic E-state index is -1.45. The largest absolute Gasteiger partial charge is 0.387 e. The Balaban J connectivity index is 1.64. The Labute approximate surface area is 146 Å². The number of halogens is 2. The molecule has 1 aliphatic rings. The normalized spacial score (nSPS) is 27.1. The maximum Gasteiger partial charge on any atom is 0.164 e. The minimum Gasteiger partial charge on any atom is -0.387 e. The number of aliphatic hydroxyl groups excluding tert-OH is 3. The Morgan fingerprint density at radius 3 is 2.65 bits per heavy atom. The summed E-state index contributed by atoms with van der Waals surface area (Å²) in [6.45, 7) is 0. The highest BCUT2D eigenvalue weighted by molar-refractivity contribution is 5.75. The van der Waals surface area contributed by atoms with E-state index in [1.807, 2.05) is 6.07 Å². The highest BCUT2D eigenvalue weighted by Gasteiger charge is 2.47. The first kappa shape index (κ1) is 17.0. The van der Waals surface area contributed by atoms with E-state index in [0.717, 1.165) is 17.5 Å². The lowest BCUT2D eigenvalue weighted by atomic mass is 9.99. The molecule has 0 radical (unpaired) electrons. The van der Waals surface area contributed by atoms with Gasteiger partial charge in [0, 0.05) is 17.8 Å². The van der Waals surface area contributed by atoms with Crippen molar-refractivity contribution in [3.05, 3.63) is 66.0 Å². The van der Waals surface area contributed by atoms with Gasteiger partial charge in [0.15, 0.2) is 17.9 Å². The molecule has 0 spiro atoms. The number of benzene rings is 1. The van der Waals surface area contributed by atoms with E-state index < -0.39 is 42.3 Å². The van der Waals surface area contributed by atoms with Gasteiger partial charge in [0.1, 0.15) is 30.1 Å². The molecule has 3 heterocycles. The van der Waals surface area contributed by atoms with Gasteiger partial charge >= 0.3 is 0 Å². The first-order valence-electron chi connectivity index (χ1n) is 8.03. The van der Waals surface area contributed by atoms with E-state index in [1.54, 1.807) is 29.1 Å². The molecule has 3 aromatic rings. The average molecular weight is 362 g/mol. The van der Waals surface area contributed by atoms with Crippen LogP contribution in [0.15, 0.2) is 48.8 Å². The standard InChI is InChI=1S/C18H16F2N2O4/c19-11-4-3-10(8-12(11)20)13(23)16-14(24)15(25)18(26-16)22-7-5-9-2-1-6-21-17(9)22/h1-8,13-16,18,23-25H. The van der Waals surface area contributed by atoms with Crippen LogP contribution in [0.25, 0.3) is 11.0 Å². The molecule has 4 rings (SSSR count). The van der Waals surface area contributed by atoms with E-state index in [-0.39, 0.29) is 5.56 Å². The first-order valence-corrected chi connectivity index (χ1v) is 8.03. The molecular weight excluding hydrogens is 346 g/mol. The molecule has 0 aliphatic carbocycles. The van der Waals surface area contributed by atoms with Crippen LogP contribution >= 0.6 is 0 Å². The second-order valence-electron chi connectivity index (χ2n) is 6.23. The summed E-state index contributed by atoms with van der Waals surface area (Å²) in [5.74, 6) is -2.16. The fourth-order valence-electron chi connectivity index (χ4n) is 3.25. The molecule has 0 amide bonds. The molecule has 3 N–H and O–H groups in total. The molecule has 1 fully saturated rings. The van der Waals surface area contributed by atoms with E-state index in [0.29, 0.717) is 5.65 Å². The van der Waals surface area contributed by atoms with Crippen molar-refractivity contribution in [2.75, 3.05) is 0 Å². The summed E-state index contributed by atoms with van der Waals surface area (Å²) in [4.78, 5) is 4.23. The van der Waals surface area contributed by atoms with Gasteiger partial charge in [-0.15, -0.1) is 0 Å². The van der Waals surface area contributed by atoms with Crippen LogP contribution < -0.4 is 0 Å². The van der Waals surface area contributed by atoms with Crippen molar-refractivity contribution in [1.82, 2.24) is 9.55 Å². The zero-order chi connectivity index (χ0) is 18.4. The smallest absolute Gasteiger partial charge is 0.164 e. The van der Waals surface area contributed by atoms with E-state index >= 15 is 0 Å². The van der Waals surface area contributed by atoms with Crippen LogP contribution in [0, 0.1) is 11.6 Å². The lowest BCUT2D eigenvalue weighted by molar-refractivity contribution is -0.0849. The quantitative estimate of drug-likeness (QED) is 0.660. The van der Waals surface area contributed by atoms with Crippen molar-refractivity contribution >= 4 is 11.0 Å². The molecule has 1 aliphatic heterocycles. The molecule has 2 aromatic heterocycles. The third-order valence-electron chi connectivity index (χ3n) is 4.62. The monoisotopic (exact) mass is 362 g/mol. The van der Waals surface area contributed by atoms with Crippen LogP contribution in [0.4, 0.5) is 8.78 Å².